The van der Waals surface area contributed by atoms with Crippen molar-refractivity contribution in [3.8, 4) is 5.69 Å². The van der Waals surface area contributed by atoms with Crippen LogP contribution in [0.2, 0.25) is 0 Å². The molecule has 3 aromatic rings. The molecule has 1 aromatic heterocycles. The number of para-hydroxylation sites is 1. The molecule has 0 unspecified atom stereocenters. The molecule has 2 aromatic carbocycles. The number of ether oxygens (including phenoxy) is 1. The fraction of sp³-hybridized carbons (Fsp3) is 0.238. The summed E-state index contributed by atoms with van der Waals surface area (Å²) in [5.41, 5.74) is 3.74. The summed E-state index contributed by atoms with van der Waals surface area (Å²) < 4.78 is 32.6. The molecule has 0 N–H and O–H groups in total. The lowest BCUT2D eigenvalue weighted by molar-refractivity contribution is 0.0471. The lowest BCUT2D eigenvalue weighted by Crippen LogP contribution is -2.22. The molecule has 0 saturated heterocycles. The third-order valence-corrected chi connectivity index (χ3v) is 6.49. The summed E-state index contributed by atoms with van der Waals surface area (Å²) in [4.78, 5) is 12.5. The van der Waals surface area contributed by atoms with E-state index < -0.39 is 16.0 Å². The van der Waals surface area contributed by atoms with Gasteiger partial charge in [0.25, 0.3) is 0 Å². The minimum atomic E-state index is -3.54. The number of hydrogen-bond acceptors (Lipinski definition) is 5. The Bertz CT molecular complexity index is 1120. The smallest absolute Gasteiger partial charge is 0.338 e. The number of esters is 1. The first kappa shape index (κ1) is 20.8. The molecule has 1 heterocycles. The number of aromatic nitrogens is 2. The van der Waals surface area contributed by atoms with E-state index >= 15 is 0 Å². The first-order chi connectivity index (χ1) is 13.7. The molecule has 7 nitrogen and oxygen atoms in total. The van der Waals surface area contributed by atoms with Crippen molar-refractivity contribution in [1.82, 2.24) is 14.1 Å². The van der Waals surface area contributed by atoms with Crippen LogP contribution in [0, 0.1) is 13.8 Å². The van der Waals surface area contributed by atoms with Gasteiger partial charge in [-0.2, -0.15) is 5.10 Å². The van der Waals surface area contributed by atoms with Crippen molar-refractivity contribution in [2.75, 3.05) is 14.1 Å². The van der Waals surface area contributed by atoms with Crippen LogP contribution in [0.4, 0.5) is 0 Å². The second-order valence-electron chi connectivity index (χ2n) is 6.78. The van der Waals surface area contributed by atoms with E-state index in [1.807, 2.05) is 48.9 Å². The molecular formula is C21H23N3O4S. The Morgan fingerprint density at radius 3 is 2.24 bits per heavy atom. The topological polar surface area (TPSA) is 81.5 Å². The highest BCUT2D eigenvalue weighted by Crippen LogP contribution is 2.20. The highest BCUT2D eigenvalue weighted by atomic mass is 32.2. The zero-order chi connectivity index (χ0) is 21.2. The van der Waals surface area contributed by atoms with Gasteiger partial charge in [-0.05, 0) is 50.2 Å². The fourth-order valence-electron chi connectivity index (χ4n) is 2.90. The van der Waals surface area contributed by atoms with Gasteiger partial charge in [-0.15, -0.1) is 0 Å². The first-order valence-electron chi connectivity index (χ1n) is 9.02. The van der Waals surface area contributed by atoms with E-state index in [4.69, 9.17) is 4.74 Å². The normalized spacial score (nSPS) is 11.6. The molecule has 0 radical (unpaired) electrons. The maximum absolute atomic E-state index is 12.4. The van der Waals surface area contributed by atoms with Crippen LogP contribution >= 0.6 is 0 Å². The van der Waals surface area contributed by atoms with E-state index in [0.717, 1.165) is 26.9 Å². The van der Waals surface area contributed by atoms with Gasteiger partial charge in [0.05, 0.1) is 21.8 Å². The third kappa shape index (κ3) is 4.23. The second-order valence-corrected chi connectivity index (χ2v) is 8.94. The third-order valence-electron chi connectivity index (χ3n) is 4.66. The highest BCUT2D eigenvalue weighted by molar-refractivity contribution is 7.89. The molecule has 3 rings (SSSR count). The van der Waals surface area contributed by atoms with Gasteiger partial charge in [-0.25, -0.2) is 22.2 Å². The summed E-state index contributed by atoms with van der Waals surface area (Å²) in [6, 6.07) is 15.4. The van der Waals surface area contributed by atoms with Crippen molar-refractivity contribution in [3.05, 3.63) is 77.1 Å². The van der Waals surface area contributed by atoms with Gasteiger partial charge in [0.1, 0.15) is 6.61 Å². The van der Waals surface area contributed by atoms with Crippen molar-refractivity contribution in [2.45, 2.75) is 25.3 Å². The van der Waals surface area contributed by atoms with Gasteiger partial charge in [0, 0.05) is 25.4 Å². The van der Waals surface area contributed by atoms with Crippen LogP contribution in [0.3, 0.4) is 0 Å². The van der Waals surface area contributed by atoms with Gasteiger partial charge in [0.2, 0.25) is 10.0 Å². The van der Waals surface area contributed by atoms with Gasteiger partial charge >= 0.3 is 5.97 Å². The van der Waals surface area contributed by atoms with Gasteiger partial charge < -0.3 is 4.74 Å². The molecule has 0 aliphatic rings. The van der Waals surface area contributed by atoms with Gasteiger partial charge in [0.15, 0.2) is 0 Å². The Morgan fingerprint density at radius 1 is 1.03 bits per heavy atom. The number of sulfonamides is 1. The summed E-state index contributed by atoms with van der Waals surface area (Å²) in [7, 11) is -0.627. The maximum Gasteiger partial charge on any atom is 0.338 e. The number of rotatable bonds is 6. The lowest BCUT2D eigenvalue weighted by atomic mass is 10.2. The summed E-state index contributed by atoms with van der Waals surface area (Å²) in [6.45, 7) is 3.88. The maximum atomic E-state index is 12.4. The van der Waals surface area contributed by atoms with Crippen LogP contribution < -0.4 is 0 Å². The van der Waals surface area contributed by atoms with E-state index in [2.05, 4.69) is 5.10 Å². The Morgan fingerprint density at radius 2 is 1.66 bits per heavy atom. The largest absolute Gasteiger partial charge is 0.457 e. The molecule has 0 amide bonds. The molecule has 152 valence electrons. The van der Waals surface area contributed by atoms with Gasteiger partial charge in [-0.1, -0.05) is 18.2 Å². The van der Waals surface area contributed by atoms with Gasteiger partial charge in [-0.3, -0.25) is 0 Å². The molecule has 29 heavy (non-hydrogen) atoms. The predicted molar refractivity (Wildman–Crippen MR) is 109 cm³/mol. The molecule has 0 bridgehead atoms. The van der Waals surface area contributed by atoms with Crippen LogP contribution in [-0.4, -0.2) is 42.6 Å². The van der Waals surface area contributed by atoms with Crippen LogP contribution in [0.1, 0.15) is 27.3 Å². The molecule has 0 spiro atoms. The van der Waals surface area contributed by atoms with Crippen molar-refractivity contribution < 1.29 is 17.9 Å². The molecule has 0 aliphatic heterocycles. The second kappa shape index (κ2) is 8.18. The SMILES string of the molecule is Cc1nn(-c2ccccc2)c(C)c1COC(=O)c1ccc(S(=O)(=O)N(C)C)cc1. The molecule has 0 aliphatic carbocycles. The zero-order valence-corrected chi connectivity index (χ0v) is 17.6. The first-order valence-corrected chi connectivity index (χ1v) is 10.5. The molecule has 0 fully saturated rings. The molecule has 0 saturated carbocycles. The van der Waals surface area contributed by atoms with Crippen molar-refractivity contribution in [1.29, 1.82) is 0 Å². The van der Waals surface area contributed by atoms with E-state index in [0.29, 0.717) is 0 Å². The number of benzene rings is 2. The summed E-state index contributed by atoms with van der Waals surface area (Å²) >= 11 is 0. The predicted octanol–water partition coefficient (Wildman–Crippen LogP) is 3.10. The Kier molecular flexibility index (Phi) is 5.86. The average molecular weight is 413 g/mol. The summed E-state index contributed by atoms with van der Waals surface area (Å²) in [5, 5.41) is 4.54. The molecular weight excluding hydrogens is 390 g/mol. The number of carbonyl (C=O) groups excluding carboxylic acids is 1. The molecule has 8 heteroatoms. The number of carbonyl (C=O) groups is 1. The zero-order valence-electron chi connectivity index (χ0n) is 16.8. The van der Waals surface area contributed by atoms with E-state index in [-0.39, 0.29) is 17.1 Å². The van der Waals surface area contributed by atoms with Crippen molar-refractivity contribution in [3.63, 3.8) is 0 Å². The minimum Gasteiger partial charge on any atom is -0.457 e. The van der Waals surface area contributed by atoms with Crippen molar-refractivity contribution >= 4 is 16.0 Å². The number of aryl methyl sites for hydroxylation is 1. The molecule has 0 atom stereocenters. The van der Waals surface area contributed by atoms with E-state index in [9.17, 15) is 13.2 Å². The summed E-state index contributed by atoms with van der Waals surface area (Å²) in [5.74, 6) is -0.523. The minimum absolute atomic E-state index is 0.0844. The quantitative estimate of drug-likeness (QED) is 0.580. The summed E-state index contributed by atoms with van der Waals surface area (Å²) in [6.07, 6.45) is 0. The van der Waals surface area contributed by atoms with Crippen LogP contribution in [0.15, 0.2) is 59.5 Å². The average Bonchev–Trinajstić information content (AvgIpc) is 3.00. The van der Waals surface area contributed by atoms with Crippen LogP contribution in [0.5, 0.6) is 0 Å². The number of hydrogen-bond donors (Lipinski definition) is 0. The monoisotopic (exact) mass is 413 g/mol. The van der Waals surface area contributed by atoms with Crippen molar-refractivity contribution in [2.24, 2.45) is 0 Å². The highest BCUT2D eigenvalue weighted by Gasteiger charge is 2.19. The Labute approximate surface area is 170 Å². The standard InChI is InChI=1S/C21H23N3O4S/c1-15-20(16(2)24(22-15)18-8-6-5-7-9-18)14-28-21(25)17-10-12-19(13-11-17)29(26,27)23(3)4/h5-13H,14H2,1-4H3. The lowest BCUT2D eigenvalue weighted by Gasteiger charge is -2.11. The van der Waals surface area contributed by atoms with E-state index in [1.165, 1.54) is 38.4 Å². The van der Waals surface area contributed by atoms with Crippen LogP contribution in [-0.2, 0) is 21.4 Å². The van der Waals surface area contributed by atoms with Crippen LogP contribution in [0.25, 0.3) is 5.69 Å². The Balaban J connectivity index is 1.74. The van der Waals surface area contributed by atoms with E-state index in [1.54, 1.807) is 0 Å². The Hall–Kier alpha value is -2.97. The fourth-order valence-corrected chi connectivity index (χ4v) is 3.80. The number of nitrogens with zero attached hydrogens (tertiary/aromatic N) is 3.